The molecule has 9 heteroatoms. The lowest BCUT2D eigenvalue weighted by Crippen LogP contribution is -2.32. The van der Waals surface area contributed by atoms with Crippen LogP contribution in [0.3, 0.4) is 0 Å². The minimum absolute atomic E-state index is 0.00633. The van der Waals surface area contributed by atoms with Crippen LogP contribution in [-0.2, 0) is 4.74 Å². The van der Waals surface area contributed by atoms with Gasteiger partial charge in [0.1, 0.15) is 6.33 Å². The number of anilines is 1. The Morgan fingerprint density at radius 2 is 2.22 bits per heavy atom. The fourth-order valence-corrected chi connectivity index (χ4v) is 1.37. The molecule has 0 spiro atoms. The van der Waals surface area contributed by atoms with Crippen molar-refractivity contribution in [2.75, 3.05) is 12.3 Å². The SMILES string of the molecule is Nc1ncn(C2OC=C(CO)C(O)=C2O)c(=O)n1. The molecule has 1 unspecified atom stereocenters. The van der Waals surface area contributed by atoms with E-state index in [0.717, 1.165) is 17.2 Å². The standard InChI is InChI=1S/C9H10N4O5/c10-8-11-3-13(9(17)12-8)7-6(16)5(15)4(1-14)2-18-7/h2-3,7,14-16H,1H2,(H2,10,12,17). The highest BCUT2D eigenvalue weighted by Crippen LogP contribution is 2.26. The average molecular weight is 254 g/mol. The third-order valence-corrected chi connectivity index (χ3v) is 2.29. The van der Waals surface area contributed by atoms with Crippen molar-refractivity contribution in [1.82, 2.24) is 14.5 Å². The number of aromatic nitrogens is 3. The maximum absolute atomic E-state index is 11.5. The van der Waals surface area contributed by atoms with Gasteiger partial charge in [-0.3, -0.25) is 0 Å². The zero-order chi connectivity index (χ0) is 13.3. The van der Waals surface area contributed by atoms with E-state index in [1.54, 1.807) is 0 Å². The highest BCUT2D eigenvalue weighted by atomic mass is 16.5. The predicted octanol–water partition coefficient (Wildman–Crippen LogP) is -1.05. The first kappa shape index (κ1) is 11.9. The van der Waals surface area contributed by atoms with Crippen molar-refractivity contribution in [3.05, 3.63) is 40.2 Å². The van der Waals surface area contributed by atoms with E-state index in [4.69, 9.17) is 15.6 Å². The van der Waals surface area contributed by atoms with Crippen LogP contribution in [0.4, 0.5) is 5.95 Å². The van der Waals surface area contributed by atoms with Crippen molar-refractivity contribution in [3.63, 3.8) is 0 Å². The van der Waals surface area contributed by atoms with Gasteiger partial charge in [0.15, 0.2) is 11.5 Å². The second-order valence-electron chi connectivity index (χ2n) is 3.43. The summed E-state index contributed by atoms with van der Waals surface area (Å²) >= 11 is 0. The molecular formula is C9H10N4O5. The fraction of sp³-hybridized carbons (Fsp3) is 0.222. The summed E-state index contributed by atoms with van der Waals surface area (Å²) in [6, 6.07) is 0. The molecule has 1 aliphatic heterocycles. The first-order chi connectivity index (χ1) is 8.54. The summed E-state index contributed by atoms with van der Waals surface area (Å²) in [6.07, 6.45) is 0.757. The molecule has 2 rings (SSSR count). The number of ether oxygens (including phenoxy) is 1. The van der Waals surface area contributed by atoms with Crippen LogP contribution in [0.1, 0.15) is 6.23 Å². The van der Waals surface area contributed by atoms with E-state index in [2.05, 4.69) is 9.97 Å². The molecule has 0 fully saturated rings. The van der Waals surface area contributed by atoms with E-state index >= 15 is 0 Å². The minimum Gasteiger partial charge on any atom is -0.504 e. The molecule has 1 aromatic heterocycles. The van der Waals surface area contributed by atoms with E-state index in [-0.39, 0.29) is 11.5 Å². The lowest BCUT2D eigenvalue weighted by Gasteiger charge is -2.23. The Morgan fingerprint density at radius 1 is 1.50 bits per heavy atom. The molecule has 18 heavy (non-hydrogen) atoms. The topological polar surface area (TPSA) is 144 Å². The van der Waals surface area contributed by atoms with Gasteiger partial charge in [-0.15, -0.1) is 0 Å². The molecular weight excluding hydrogens is 244 g/mol. The largest absolute Gasteiger partial charge is 0.504 e. The fourth-order valence-electron chi connectivity index (χ4n) is 1.37. The van der Waals surface area contributed by atoms with Crippen molar-refractivity contribution < 1.29 is 20.1 Å². The van der Waals surface area contributed by atoms with Gasteiger partial charge < -0.3 is 25.8 Å². The number of rotatable bonds is 2. The number of aliphatic hydroxyl groups is 3. The highest BCUT2D eigenvalue weighted by molar-refractivity contribution is 5.29. The highest BCUT2D eigenvalue weighted by Gasteiger charge is 2.28. The van der Waals surface area contributed by atoms with Gasteiger partial charge in [-0.1, -0.05) is 0 Å². The molecule has 1 aromatic rings. The maximum atomic E-state index is 11.5. The summed E-state index contributed by atoms with van der Waals surface area (Å²) in [5.41, 5.74) is 4.41. The van der Waals surface area contributed by atoms with Crippen molar-refractivity contribution >= 4 is 5.95 Å². The number of hydrogen-bond donors (Lipinski definition) is 4. The van der Waals surface area contributed by atoms with Crippen LogP contribution in [-0.4, -0.2) is 36.5 Å². The summed E-state index contributed by atoms with van der Waals surface area (Å²) in [7, 11) is 0. The summed E-state index contributed by atoms with van der Waals surface area (Å²) in [5.74, 6) is -1.40. The molecule has 1 aliphatic rings. The molecule has 0 aliphatic carbocycles. The van der Waals surface area contributed by atoms with Gasteiger partial charge in [-0.25, -0.2) is 14.3 Å². The maximum Gasteiger partial charge on any atom is 0.355 e. The number of nitrogen functional groups attached to an aromatic ring is 1. The molecule has 0 aromatic carbocycles. The Morgan fingerprint density at radius 3 is 2.83 bits per heavy atom. The third kappa shape index (κ3) is 1.86. The van der Waals surface area contributed by atoms with Crippen molar-refractivity contribution in [2.24, 2.45) is 0 Å². The summed E-state index contributed by atoms with van der Waals surface area (Å²) in [6.45, 7) is -0.518. The lowest BCUT2D eigenvalue weighted by molar-refractivity contribution is 0.0465. The predicted molar refractivity (Wildman–Crippen MR) is 58.3 cm³/mol. The molecule has 2 heterocycles. The van der Waals surface area contributed by atoms with Crippen LogP contribution in [0, 0.1) is 0 Å². The average Bonchev–Trinajstić information content (AvgIpc) is 2.34. The monoisotopic (exact) mass is 254 g/mol. The Labute approximate surface area is 100 Å². The molecule has 0 bridgehead atoms. The number of nitrogens with zero attached hydrogens (tertiary/aromatic N) is 3. The molecule has 5 N–H and O–H groups in total. The van der Waals surface area contributed by atoms with E-state index in [1.165, 1.54) is 0 Å². The minimum atomic E-state index is -1.30. The van der Waals surface area contributed by atoms with Crippen molar-refractivity contribution in [1.29, 1.82) is 0 Å². The van der Waals surface area contributed by atoms with E-state index in [0.29, 0.717) is 0 Å². The van der Waals surface area contributed by atoms with E-state index in [9.17, 15) is 15.0 Å². The zero-order valence-corrected chi connectivity index (χ0v) is 9.02. The number of aliphatic hydroxyl groups excluding tert-OH is 3. The summed E-state index contributed by atoms with van der Waals surface area (Å²) in [4.78, 5) is 18.4. The van der Waals surface area contributed by atoms with Gasteiger partial charge in [0.05, 0.1) is 18.4 Å². The van der Waals surface area contributed by atoms with Gasteiger partial charge >= 0.3 is 5.69 Å². The number of nitrogens with two attached hydrogens (primary N) is 1. The molecule has 0 amide bonds. The van der Waals surface area contributed by atoms with E-state index in [1.807, 2.05) is 0 Å². The Bertz CT molecular complexity index is 591. The normalized spacial score (nSPS) is 19.4. The van der Waals surface area contributed by atoms with Crippen LogP contribution < -0.4 is 11.4 Å². The second-order valence-corrected chi connectivity index (χ2v) is 3.43. The molecule has 9 nitrogen and oxygen atoms in total. The summed E-state index contributed by atoms with van der Waals surface area (Å²) in [5, 5.41) is 28.1. The summed E-state index contributed by atoms with van der Waals surface area (Å²) < 4.78 is 5.86. The van der Waals surface area contributed by atoms with Gasteiger partial charge in [0, 0.05) is 0 Å². The molecule has 96 valence electrons. The second kappa shape index (κ2) is 4.37. The van der Waals surface area contributed by atoms with Gasteiger partial charge in [0.2, 0.25) is 12.2 Å². The smallest absolute Gasteiger partial charge is 0.355 e. The first-order valence-electron chi connectivity index (χ1n) is 4.83. The zero-order valence-electron chi connectivity index (χ0n) is 9.02. The molecule has 0 radical (unpaired) electrons. The van der Waals surface area contributed by atoms with Crippen LogP contribution in [0.15, 0.2) is 34.5 Å². The Balaban J connectivity index is 2.43. The first-order valence-corrected chi connectivity index (χ1v) is 4.83. The van der Waals surface area contributed by atoms with E-state index < -0.39 is 30.0 Å². The lowest BCUT2D eigenvalue weighted by atomic mass is 10.2. The molecule has 1 atom stereocenters. The van der Waals surface area contributed by atoms with Crippen LogP contribution in [0.25, 0.3) is 0 Å². The van der Waals surface area contributed by atoms with Crippen molar-refractivity contribution in [3.8, 4) is 0 Å². The van der Waals surface area contributed by atoms with Crippen LogP contribution >= 0.6 is 0 Å². The van der Waals surface area contributed by atoms with Crippen LogP contribution in [0.2, 0.25) is 0 Å². The quantitative estimate of drug-likeness (QED) is 0.523. The number of hydrogen-bond acceptors (Lipinski definition) is 8. The third-order valence-electron chi connectivity index (χ3n) is 2.29. The Hall–Kier alpha value is -2.55. The van der Waals surface area contributed by atoms with Crippen molar-refractivity contribution in [2.45, 2.75) is 6.23 Å². The van der Waals surface area contributed by atoms with Gasteiger partial charge in [-0.2, -0.15) is 4.98 Å². The molecule has 0 saturated carbocycles. The van der Waals surface area contributed by atoms with Gasteiger partial charge in [-0.05, 0) is 0 Å². The molecule has 0 saturated heterocycles. The van der Waals surface area contributed by atoms with Gasteiger partial charge in [0.25, 0.3) is 0 Å². The van der Waals surface area contributed by atoms with Crippen LogP contribution in [0.5, 0.6) is 0 Å². The Kier molecular flexibility index (Phi) is 2.90.